The van der Waals surface area contributed by atoms with Crippen molar-refractivity contribution in [1.29, 1.82) is 0 Å². The molecule has 7 heteroatoms. The van der Waals surface area contributed by atoms with E-state index >= 15 is 0 Å². The molecule has 0 bridgehead atoms. The first-order valence-electron chi connectivity index (χ1n) is 9.03. The van der Waals surface area contributed by atoms with Crippen LogP contribution in [0.15, 0.2) is 77.8 Å². The average molecular weight is 412 g/mol. The van der Waals surface area contributed by atoms with Gasteiger partial charge in [0.2, 0.25) is 0 Å². The summed E-state index contributed by atoms with van der Waals surface area (Å²) in [7, 11) is 3.92. The highest BCUT2D eigenvalue weighted by Gasteiger charge is 2.30. The topological polar surface area (TPSA) is 41.9 Å². The van der Waals surface area contributed by atoms with E-state index in [1.165, 1.54) is 0 Å². The minimum absolute atomic E-state index is 0.0415. The van der Waals surface area contributed by atoms with E-state index in [-0.39, 0.29) is 11.3 Å². The van der Waals surface area contributed by atoms with Crippen LogP contribution in [-0.2, 0) is 6.18 Å². The number of alkyl halides is 3. The minimum Gasteiger partial charge on any atom is -0.423 e. The van der Waals surface area contributed by atoms with Gasteiger partial charge in [0.05, 0.1) is 16.8 Å². The highest BCUT2D eigenvalue weighted by Crippen LogP contribution is 2.30. The SMILES string of the molecule is CN(C)c1ccc(N=Cc2ccc(C(=O)Oc3ccc(C(F)(F)F)cc3)cc2)cc1. The molecular formula is C23H19F3N2O2. The van der Waals surface area contributed by atoms with Gasteiger partial charge in [0.1, 0.15) is 5.75 Å². The third-order valence-corrected chi connectivity index (χ3v) is 4.27. The van der Waals surface area contributed by atoms with Crippen molar-refractivity contribution in [1.82, 2.24) is 0 Å². The van der Waals surface area contributed by atoms with Crippen molar-refractivity contribution in [2.45, 2.75) is 6.18 Å². The number of hydrogen-bond acceptors (Lipinski definition) is 4. The lowest BCUT2D eigenvalue weighted by molar-refractivity contribution is -0.137. The molecule has 0 fully saturated rings. The van der Waals surface area contributed by atoms with E-state index in [2.05, 4.69) is 4.99 Å². The Bertz CT molecular complexity index is 1020. The van der Waals surface area contributed by atoms with Crippen molar-refractivity contribution in [3.8, 4) is 5.75 Å². The number of nitrogens with zero attached hydrogens (tertiary/aromatic N) is 2. The van der Waals surface area contributed by atoms with Crippen molar-refractivity contribution in [2.75, 3.05) is 19.0 Å². The van der Waals surface area contributed by atoms with Crippen molar-refractivity contribution in [2.24, 2.45) is 4.99 Å². The van der Waals surface area contributed by atoms with Crippen LogP contribution in [0.5, 0.6) is 5.75 Å². The smallest absolute Gasteiger partial charge is 0.416 e. The molecule has 0 spiro atoms. The van der Waals surface area contributed by atoms with Crippen LogP contribution in [0.25, 0.3) is 0 Å². The van der Waals surface area contributed by atoms with Crippen LogP contribution in [-0.4, -0.2) is 26.3 Å². The van der Waals surface area contributed by atoms with Crippen molar-refractivity contribution >= 4 is 23.6 Å². The summed E-state index contributed by atoms with van der Waals surface area (Å²) in [5.41, 5.74) is 2.14. The Labute approximate surface area is 172 Å². The van der Waals surface area contributed by atoms with Gasteiger partial charge in [-0.05, 0) is 66.2 Å². The number of hydrogen-bond donors (Lipinski definition) is 0. The first-order chi connectivity index (χ1) is 14.2. The highest BCUT2D eigenvalue weighted by molar-refractivity contribution is 5.92. The molecule has 0 heterocycles. The van der Waals surface area contributed by atoms with E-state index in [4.69, 9.17) is 4.74 Å². The Morgan fingerprint density at radius 2 is 1.50 bits per heavy atom. The molecule has 3 aromatic rings. The summed E-state index contributed by atoms with van der Waals surface area (Å²) in [4.78, 5) is 18.6. The van der Waals surface area contributed by atoms with Gasteiger partial charge < -0.3 is 9.64 Å². The molecule has 0 N–H and O–H groups in total. The number of benzene rings is 3. The predicted molar refractivity (Wildman–Crippen MR) is 111 cm³/mol. The Hall–Kier alpha value is -3.61. The molecule has 0 aromatic heterocycles. The molecule has 0 aliphatic rings. The summed E-state index contributed by atoms with van der Waals surface area (Å²) in [6.07, 6.45) is -2.76. The van der Waals surface area contributed by atoms with E-state index < -0.39 is 17.7 Å². The lowest BCUT2D eigenvalue weighted by Gasteiger charge is -2.11. The standard InChI is InChI=1S/C23H19F3N2O2/c1-28(2)20-11-9-19(10-12-20)27-15-16-3-5-17(6-4-16)22(29)30-21-13-7-18(8-14-21)23(24,25)26/h3-15H,1-2H3. The number of carbonyl (C=O) groups is 1. The van der Waals surface area contributed by atoms with Gasteiger partial charge in [-0.3, -0.25) is 4.99 Å². The summed E-state index contributed by atoms with van der Waals surface area (Å²) in [5, 5.41) is 0. The minimum atomic E-state index is -4.44. The van der Waals surface area contributed by atoms with Gasteiger partial charge in [-0.25, -0.2) is 4.79 Å². The molecule has 0 atom stereocenters. The van der Waals surface area contributed by atoms with E-state index in [0.717, 1.165) is 41.2 Å². The molecule has 4 nitrogen and oxygen atoms in total. The predicted octanol–water partition coefficient (Wildman–Crippen LogP) is 5.74. The van der Waals surface area contributed by atoms with Crippen LogP contribution in [0.4, 0.5) is 24.5 Å². The van der Waals surface area contributed by atoms with Gasteiger partial charge in [-0.1, -0.05) is 12.1 Å². The monoisotopic (exact) mass is 412 g/mol. The van der Waals surface area contributed by atoms with E-state index in [9.17, 15) is 18.0 Å². The zero-order valence-corrected chi connectivity index (χ0v) is 16.4. The van der Waals surface area contributed by atoms with Gasteiger partial charge >= 0.3 is 12.1 Å². The Kier molecular flexibility index (Phi) is 6.20. The van der Waals surface area contributed by atoms with Crippen LogP contribution in [0.1, 0.15) is 21.5 Å². The fourth-order valence-corrected chi connectivity index (χ4v) is 2.57. The van der Waals surface area contributed by atoms with Gasteiger partial charge in [0.15, 0.2) is 0 Å². The third kappa shape index (κ3) is 5.47. The second-order valence-electron chi connectivity index (χ2n) is 6.70. The Morgan fingerprint density at radius 1 is 0.900 bits per heavy atom. The van der Waals surface area contributed by atoms with Crippen LogP contribution in [0.2, 0.25) is 0 Å². The first kappa shape index (κ1) is 21.1. The molecule has 0 aliphatic heterocycles. The number of carbonyl (C=O) groups excluding carboxylic acids is 1. The molecule has 154 valence electrons. The molecular weight excluding hydrogens is 393 g/mol. The lowest BCUT2D eigenvalue weighted by atomic mass is 10.1. The fourth-order valence-electron chi connectivity index (χ4n) is 2.57. The number of esters is 1. The molecule has 0 saturated carbocycles. The largest absolute Gasteiger partial charge is 0.423 e. The van der Waals surface area contributed by atoms with Crippen molar-refractivity contribution in [3.05, 3.63) is 89.5 Å². The summed E-state index contributed by atoms with van der Waals surface area (Å²) >= 11 is 0. The second kappa shape index (κ2) is 8.82. The maximum atomic E-state index is 12.6. The van der Waals surface area contributed by atoms with Crippen LogP contribution < -0.4 is 9.64 Å². The zero-order chi connectivity index (χ0) is 21.7. The average Bonchev–Trinajstić information content (AvgIpc) is 2.72. The quantitative estimate of drug-likeness (QED) is 0.305. The van der Waals surface area contributed by atoms with Gasteiger partial charge in [0.25, 0.3) is 0 Å². The summed E-state index contributed by atoms with van der Waals surface area (Å²) in [6.45, 7) is 0. The number of ether oxygens (including phenoxy) is 1. The van der Waals surface area contributed by atoms with Gasteiger partial charge in [-0.2, -0.15) is 13.2 Å². The van der Waals surface area contributed by atoms with E-state index in [1.54, 1.807) is 30.5 Å². The summed E-state index contributed by atoms with van der Waals surface area (Å²) in [6, 6.07) is 18.3. The van der Waals surface area contributed by atoms with Crippen LogP contribution in [0, 0.1) is 0 Å². The van der Waals surface area contributed by atoms with Gasteiger partial charge in [-0.15, -0.1) is 0 Å². The molecule has 0 radical (unpaired) electrons. The molecule has 0 aliphatic carbocycles. The highest BCUT2D eigenvalue weighted by atomic mass is 19.4. The number of halogens is 3. The third-order valence-electron chi connectivity index (χ3n) is 4.27. The van der Waals surface area contributed by atoms with Gasteiger partial charge in [0, 0.05) is 26.0 Å². The number of anilines is 1. The van der Waals surface area contributed by atoms with Crippen LogP contribution in [0.3, 0.4) is 0 Å². The Balaban J connectivity index is 1.62. The molecule has 30 heavy (non-hydrogen) atoms. The maximum Gasteiger partial charge on any atom is 0.416 e. The van der Waals surface area contributed by atoms with Crippen LogP contribution >= 0.6 is 0 Å². The molecule has 3 aromatic carbocycles. The van der Waals surface area contributed by atoms with E-state index in [0.29, 0.717) is 0 Å². The number of aliphatic imine (C=N–C) groups is 1. The lowest BCUT2D eigenvalue weighted by Crippen LogP contribution is -2.09. The molecule has 0 unspecified atom stereocenters. The molecule has 0 amide bonds. The van der Waals surface area contributed by atoms with Crippen molar-refractivity contribution in [3.63, 3.8) is 0 Å². The van der Waals surface area contributed by atoms with E-state index in [1.807, 2.05) is 43.3 Å². The summed E-state index contributed by atoms with van der Waals surface area (Å²) < 4.78 is 42.9. The van der Waals surface area contributed by atoms with Crippen molar-refractivity contribution < 1.29 is 22.7 Å². The Morgan fingerprint density at radius 3 is 2.03 bits per heavy atom. The first-order valence-corrected chi connectivity index (χ1v) is 9.03. The zero-order valence-electron chi connectivity index (χ0n) is 16.4. The molecule has 0 saturated heterocycles. The summed E-state index contributed by atoms with van der Waals surface area (Å²) in [5.74, 6) is -0.614. The maximum absolute atomic E-state index is 12.6. The normalized spacial score (nSPS) is 11.5. The fraction of sp³-hybridized carbons (Fsp3) is 0.130. The number of rotatable bonds is 5. The second-order valence-corrected chi connectivity index (χ2v) is 6.70. The molecule has 3 rings (SSSR count).